The summed E-state index contributed by atoms with van der Waals surface area (Å²) in [6.45, 7) is 5.93. The van der Waals surface area contributed by atoms with Gasteiger partial charge in [-0.1, -0.05) is 18.2 Å². The molecule has 4 rings (SSSR count). The van der Waals surface area contributed by atoms with E-state index in [1.807, 2.05) is 42.2 Å². The fourth-order valence-corrected chi connectivity index (χ4v) is 3.54. The highest BCUT2D eigenvalue weighted by atomic mass is 35.5. The van der Waals surface area contributed by atoms with Crippen molar-refractivity contribution >= 4 is 41.6 Å². The van der Waals surface area contributed by atoms with Gasteiger partial charge in [-0.25, -0.2) is 4.68 Å². The quantitative estimate of drug-likeness (QED) is 0.700. The van der Waals surface area contributed by atoms with Crippen LogP contribution in [0, 0.1) is 12.3 Å². The number of aromatic nitrogens is 4. The van der Waals surface area contributed by atoms with Crippen LogP contribution in [0.5, 0.6) is 0 Å². The van der Waals surface area contributed by atoms with Gasteiger partial charge in [-0.15, -0.1) is 29.9 Å². The number of hydrogen-bond donors (Lipinski definition) is 1. The number of rotatable bonds is 3. The number of benzene rings is 1. The number of amides is 1. The highest BCUT2D eigenvalue weighted by molar-refractivity contribution is 5.94. The fourth-order valence-electron chi connectivity index (χ4n) is 3.54. The van der Waals surface area contributed by atoms with Gasteiger partial charge in [0.05, 0.1) is 16.9 Å². The lowest BCUT2D eigenvalue weighted by Gasteiger charge is -2.22. The van der Waals surface area contributed by atoms with Crippen LogP contribution in [0.4, 0.5) is 0 Å². The second-order valence-electron chi connectivity index (χ2n) is 7.27. The zero-order valence-electron chi connectivity index (χ0n) is 15.8. The molecule has 1 aromatic carbocycles. The fraction of sp³-hybridized carbons (Fsp3) is 0.368. The van der Waals surface area contributed by atoms with Gasteiger partial charge in [-0.3, -0.25) is 9.78 Å². The Morgan fingerprint density at radius 1 is 1.25 bits per heavy atom. The Morgan fingerprint density at radius 3 is 2.75 bits per heavy atom. The molecule has 1 amide bonds. The summed E-state index contributed by atoms with van der Waals surface area (Å²) in [7, 11) is 0. The van der Waals surface area contributed by atoms with E-state index < -0.39 is 0 Å². The van der Waals surface area contributed by atoms with Gasteiger partial charge < -0.3 is 10.6 Å². The van der Waals surface area contributed by atoms with Crippen molar-refractivity contribution in [1.82, 2.24) is 24.9 Å². The van der Waals surface area contributed by atoms with Crippen LogP contribution in [0.15, 0.2) is 36.5 Å². The van der Waals surface area contributed by atoms with Gasteiger partial charge in [0, 0.05) is 24.7 Å². The van der Waals surface area contributed by atoms with E-state index in [-0.39, 0.29) is 36.1 Å². The minimum Gasteiger partial charge on any atom is -0.337 e. The first-order valence-corrected chi connectivity index (χ1v) is 8.78. The minimum absolute atomic E-state index is 0. The Balaban J connectivity index is 0.00000140. The van der Waals surface area contributed by atoms with Crippen molar-refractivity contribution in [3.8, 4) is 5.69 Å². The zero-order valence-corrected chi connectivity index (χ0v) is 17.5. The molecule has 0 bridgehead atoms. The van der Waals surface area contributed by atoms with E-state index in [0.717, 1.165) is 28.7 Å². The number of hydrogen-bond acceptors (Lipinski definition) is 5. The summed E-state index contributed by atoms with van der Waals surface area (Å²) in [5.41, 5.74) is 8.72. The van der Waals surface area contributed by atoms with Crippen molar-refractivity contribution in [3.63, 3.8) is 0 Å². The Bertz CT molecular complexity index is 986. The highest BCUT2D eigenvalue weighted by Crippen LogP contribution is 2.30. The Hall–Kier alpha value is -2.22. The predicted molar refractivity (Wildman–Crippen MR) is 114 cm³/mol. The van der Waals surface area contributed by atoms with E-state index in [4.69, 9.17) is 5.73 Å². The van der Waals surface area contributed by atoms with Crippen LogP contribution in [0.3, 0.4) is 0 Å². The smallest absolute Gasteiger partial charge is 0.276 e. The first kappa shape index (κ1) is 22.1. The van der Waals surface area contributed by atoms with Crippen molar-refractivity contribution < 1.29 is 4.79 Å². The SMILES string of the molecule is Cc1c(C(=O)N2CCC(C)(CN)C2)nnn1-c1cccc2ncccc12.Cl.Cl. The van der Waals surface area contributed by atoms with Crippen molar-refractivity contribution in [2.45, 2.75) is 20.3 Å². The molecule has 1 saturated heterocycles. The van der Waals surface area contributed by atoms with Crippen molar-refractivity contribution in [2.75, 3.05) is 19.6 Å². The number of nitrogens with zero attached hydrogens (tertiary/aromatic N) is 5. The van der Waals surface area contributed by atoms with Crippen LogP contribution in [0.2, 0.25) is 0 Å². The molecule has 1 fully saturated rings. The maximum Gasteiger partial charge on any atom is 0.276 e. The molecule has 2 aromatic heterocycles. The summed E-state index contributed by atoms with van der Waals surface area (Å²) < 4.78 is 1.72. The first-order chi connectivity index (χ1) is 12.5. The van der Waals surface area contributed by atoms with Crippen molar-refractivity contribution in [1.29, 1.82) is 0 Å². The molecule has 1 atom stereocenters. The maximum atomic E-state index is 12.9. The molecular formula is C19H24Cl2N6O. The van der Waals surface area contributed by atoms with E-state index in [1.54, 1.807) is 10.9 Å². The van der Waals surface area contributed by atoms with Crippen LogP contribution >= 0.6 is 24.8 Å². The van der Waals surface area contributed by atoms with Crippen molar-refractivity contribution in [2.24, 2.45) is 11.1 Å². The lowest BCUT2D eigenvalue weighted by atomic mass is 9.90. The second kappa shape index (κ2) is 8.43. The Labute approximate surface area is 176 Å². The van der Waals surface area contributed by atoms with Crippen LogP contribution in [-0.2, 0) is 0 Å². The normalized spacial score (nSPS) is 18.6. The molecule has 9 heteroatoms. The number of fused-ring (bicyclic) bond motifs is 1. The summed E-state index contributed by atoms with van der Waals surface area (Å²) in [5.74, 6) is -0.0794. The molecule has 0 saturated carbocycles. The van der Waals surface area contributed by atoms with E-state index in [9.17, 15) is 4.79 Å². The molecule has 28 heavy (non-hydrogen) atoms. The van der Waals surface area contributed by atoms with Gasteiger partial charge in [0.25, 0.3) is 5.91 Å². The largest absolute Gasteiger partial charge is 0.337 e. The van der Waals surface area contributed by atoms with E-state index in [0.29, 0.717) is 25.3 Å². The van der Waals surface area contributed by atoms with Gasteiger partial charge in [-0.2, -0.15) is 0 Å². The summed E-state index contributed by atoms with van der Waals surface area (Å²) in [4.78, 5) is 19.1. The van der Waals surface area contributed by atoms with Gasteiger partial charge in [-0.05, 0) is 49.6 Å². The number of halogens is 2. The average Bonchev–Trinajstić information content (AvgIpc) is 3.24. The van der Waals surface area contributed by atoms with Gasteiger partial charge >= 0.3 is 0 Å². The molecular weight excluding hydrogens is 399 g/mol. The Morgan fingerprint density at radius 2 is 2.04 bits per heavy atom. The molecule has 3 aromatic rings. The second-order valence-corrected chi connectivity index (χ2v) is 7.27. The highest BCUT2D eigenvalue weighted by Gasteiger charge is 2.36. The van der Waals surface area contributed by atoms with Crippen LogP contribution in [0.1, 0.15) is 29.5 Å². The third-order valence-corrected chi connectivity index (χ3v) is 5.29. The lowest BCUT2D eigenvalue weighted by Crippen LogP contribution is -2.35. The molecule has 7 nitrogen and oxygen atoms in total. The van der Waals surface area contributed by atoms with Gasteiger partial charge in [0.2, 0.25) is 0 Å². The van der Waals surface area contributed by atoms with Crippen LogP contribution in [0.25, 0.3) is 16.6 Å². The molecule has 2 N–H and O–H groups in total. The summed E-state index contributed by atoms with van der Waals surface area (Å²) in [6, 6.07) is 9.73. The zero-order chi connectivity index (χ0) is 18.3. The number of carbonyl (C=O) groups is 1. The maximum absolute atomic E-state index is 12.9. The molecule has 1 aliphatic heterocycles. The molecule has 0 aliphatic carbocycles. The average molecular weight is 423 g/mol. The summed E-state index contributed by atoms with van der Waals surface area (Å²) in [5, 5.41) is 9.41. The monoisotopic (exact) mass is 422 g/mol. The third-order valence-electron chi connectivity index (χ3n) is 5.29. The molecule has 0 radical (unpaired) electrons. The van der Waals surface area contributed by atoms with E-state index in [2.05, 4.69) is 22.2 Å². The van der Waals surface area contributed by atoms with E-state index >= 15 is 0 Å². The lowest BCUT2D eigenvalue weighted by molar-refractivity contribution is 0.0770. The topological polar surface area (TPSA) is 89.9 Å². The number of nitrogens with two attached hydrogens (primary N) is 1. The number of likely N-dealkylation sites (tertiary alicyclic amines) is 1. The summed E-state index contributed by atoms with van der Waals surface area (Å²) in [6.07, 6.45) is 2.68. The standard InChI is InChI=1S/C19H22N6O.2ClH/c1-13-17(18(26)24-10-8-19(2,11-20)12-24)22-23-25(13)16-7-3-6-15-14(16)5-4-9-21-15;;/h3-7,9H,8,10-12,20H2,1-2H3;2*1H. The van der Waals surface area contributed by atoms with Gasteiger partial charge in [0.15, 0.2) is 5.69 Å². The molecule has 150 valence electrons. The first-order valence-electron chi connectivity index (χ1n) is 8.78. The van der Waals surface area contributed by atoms with Gasteiger partial charge in [0.1, 0.15) is 0 Å². The predicted octanol–water partition coefficient (Wildman–Crippen LogP) is 2.78. The van der Waals surface area contributed by atoms with E-state index in [1.165, 1.54) is 0 Å². The summed E-state index contributed by atoms with van der Waals surface area (Å²) >= 11 is 0. The Kier molecular flexibility index (Phi) is 6.64. The van der Waals surface area contributed by atoms with Crippen LogP contribution in [-0.4, -0.2) is 50.4 Å². The molecule has 1 unspecified atom stereocenters. The number of pyridine rings is 1. The number of carbonyl (C=O) groups excluding carboxylic acids is 1. The molecule has 0 spiro atoms. The molecule has 1 aliphatic rings. The van der Waals surface area contributed by atoms with Crippen molar-refractivity contribution in [3.05, 3.63) is 47.9 Å². The third kappa shape index (κ3) is 3.70. The minimum atomic E-state index is -0.0794. The van der Waals surface area contributed by atoms with Crippen LogP contribution < -0.4 is 5.73 Å². The molecule has 3 heterocycles.